The van der Waals surface area contributed by atoms with Crippen LogP contribution in [0.3, 0.4) is 0 Å². The predicted octanol–water partition coefficient (Wildman–Crippen LogP) is 4.07. The highest BCUT2D eigenvalue weighted by Crippen LogP contribution is 2.21. The molecule has 16 heavy (non-hydrogen) atoms. The van der Waals surface area contributed by atoms with Gasteiger partial charge in [-0.3, -0.25) is 4.79 Å². The molecule has 1 heterocycles. The molecule has 4 heteroatoms. The Kier molecular flexibility index (Phi) is 3.41. The first-order chi connectivity index (χ1) is 7.65. The largest absolute Gasteiger partial charge is 0.322 e. The molecule has 0 aliphatic rings. The zero-order valence-corrected chi connectivity index (χ0v) is 11.1. The van der Waals surface area contributed by atoms with Gasteiger partial charge >= 0.3 is 0 Å². The smallest absolute Gasteiger partial charge is 0.256 e. The fourth-order valence-electron chi connectivity index (χ4n) is 1.27. The molecule has 1 amide bonds. The molecule has 0 aliphatic heterocycles. The van der Waals surface area contributed by atoms with Crippen molar-refractivity contribution in [3.05, 3.63) is 50.6 Å². The van der Waals surface area contributed by atoms with Gasteiger partial charge in [0.25, 0.3) is 5.91 Å². The van der Waals surface area contributed by atoms with E-state index in [1.54, 1.807) is 0 Å². The van der Waals surface area contributed by atoms with Crippen molar-refractivity contribution >= 4 is 38.9 Å². The normalized spacial score (nSPS) is 10.1. The van der Waals surface area contributed by atoms with Crippen molar-refractivity contribution in [2.75, 3.05) is 5.32 Å². The van der Waals surface area contributed by atoms with Crippen molar-refractivity contribution in [2.45, 2.75) is 6.92 Å². The maximum Gasteiger partial charge on any atom is 0.256 e. The summed E-state index contributed by atoms with van der Waals surface area (Å²) in [5, 5.41) is 4.67. The van der Waals surface area contributed by atoms with Crippen molar-refractivity contribution in [1.29, 1.82) is 0 Å². The van der Waals surface area contributed by atoms with Crippen molar-refractivity contribution < 1.29 is 4.79 Å². The molecule has 1 N–H and O–H groups in total. The van der Waals surface area contributed by atoms with Crippen LogP contribution in [-0.4, -0.2) is 5.91 Å². The zero-order chi connectivity index (χ0) is 11.5. The Hall–Kier alpha value is -1.13. The van der Waals surface area contributed by atoms with Crippen LogP contribution >= 0.6 is 27.3 Å². The van der Waals surface area contributed by atoms with Crippen LogP contribution in [0.1, 0.15) is 15.9 Å². The van der Waals surface area contributed by atoms with E-state index in [-0.39, 0.29) is 5.91 Å². The van der Waals surface area contributed by atoms with Crippen LogP contribution in [0.2, 0.25) is 0 Å². The van der Waals surface area contributed by atoms with Gasteiger partial charge in [-0.2, -0.15) is 0 Å². The Morgan fingerprint density at radius 2 is 2.00 bits per heavy atom. The van der Waals surface area contributed by atoms with E-state index < -0.39 is 0 Å². The number of halogens is 1. The number of nitrogens with one attached hydrogen (secondary N) is 1. The van der Waals surface area contributed by atoms with Crippen LogP contribution in [-0.2, 0) is 0 Å². The summed E-state index contributed by atoms with van der Waals surface area (Å²) in [5.74, 6) is -0.0780. The molecule has 0 bridgehead atoms. The second kappa shape index (κ2) is 4.80. The summed E-state index contributed by atoms with van der Waals surface area (Å²) in [6, 6.07) is 9.55. The molecule has 2 aromatic rings. The second-order valence-electron chi connectivity index (χ2n) is 3.46. The molecule has 0 fully saturated rings. The molecule has 0 atom stereocenters. The average molecular weight is 296 g/mol. The number of carbonyl (C=O) groups is 1. The Morgan fingerprint density at radius 1 is 1.31 bits per heavy atom. The van der Waals surface area contributed by atoms with E-state index in [0.717, 1.165) is 9.47 Å². The Labute approximate surface area is 106 Å². The molecule has 0 saturated carbocycles. The number of aryl methyl sites for hydroxylation is 1. The topological polar surface area (TPSA) is 29.1 Å². The molecular formula is C12H10BrNOS. The summed E-state index contributed by atoms with van der Waals surface area (Å²) in [6.07, 6.45) is 0. The molecule has 0 saturated heterocycles. The van der Waals surface area contributed by atoms with E-state index >= 15 is 0 Å². The summed E-state index contributed by atoms with van der Waals surface area (Å²) in [6.45, 7) is 2.02. The van der Waals surface area contributed by atoms with Gasteiger partial charge < -0.3 is 5.32 Å². The summed E-state index contributed by atoms with van der Waals surface area (Å²) in [4.78, 5) is 11.8. The van der Waals surface area contributed by atoms with Gasteiger partial charge in [0.15, 0.2) is 0 Å². The van der Waals surface area contributed by atoms with Crippen molar-refractivity contribution in [3.63, 3.8) is 0 Å². The quantitative estimate of drug-likeness (QED) is 0.889. The molecular weight excluding hydrogens is 286 g/mol. The minimum absolute atomic E-state index is 0.0780. The van der Waals surface area contributed by atoms with E-state index in [1.807, 2.05) is 42.6 Å². The first kappa shape index (κ1) is 11.4. The lowest BCUT2D eigenvalue weighted by atomic mass is 10.2. The number of anilines is 1. The Morgan fingerprint density at radius 3 is 2.56 bits per heavy atom. The standard InChI is InChI=1S/C12H10BrNOS/c1-8-2-4-10(5-3-8)14-12(15)9-6-11(13)16-7-9/h2-7H,1H3,(H,14,15). The van der Waals surface area contributed by atoms with Crippen molar-refractivity contribution in [1.82, 2.24) is 0 Å². The van der Waals surface area contributed by atoms with Gasteiger partial charge in [-0.15, -0.1) is 11.3 Å². The van der Waals surface area contributed by atoms with E-state index in [4.69, 9.17) is 0 Å². The minimum atomic E-state index is -0.0780. The summed E-state index contributed by atoms with van der Waals surface area (Å²) in [7, 11) is 0. The highest BCUT2D eigenvalue weighted by molar-refractivity contribution is 9.11. The molecule has 0 aliphatic carbocycles. The van der Waals surface area contributed by atoms with Gasteiger partial charge in [0.1, 0.15) is 0 Å². The number of carbonyl (C=O) groups excluding carboxylic acids is 1. The van der Waals surface area contributed by atoms with Gasteiger partial charge in [0.2, 0.25) is 0 Å². The summed E-state index contributed by atoms with van der Waals surface area (Å²) in [5.41, 5.74) is 2.67. The zero-order valence-electron chi connectivity index (χ0n) is 8.66. The van der Waals surface area contributed by atoms with E-state index in [2.05, 4.69) is 21.2 Å². The lowest BCUT2D eigenvalue weighted by Gasteiger charge is -2.03. The molecule has 2 nitrogen and oxygen atoms in total. The van der Waals surface area contributed by atoms with E-state index in [0.29, 0.717) is 5.56 Å². The van der Waals surface area contributed by atoms with Crippen LogP contribution < -0.4 is 5.32 Å². The average Bonchev–Trinajstić information content (AvgIpc) is 2.68. The van der Waals surface area contributed by atoms with Gasteiger partial charge in [-0.1, -0.05) is 17.7 Å². The first-order valence-corrected chi connectivity index (χ1v) is 6.44. The van der Waals surface area contributed by atoms with Crippen LogP contribution in [0, 0.1) is 6.92 Å². The fraction of sp³-hybridized carbons (Fsp3) is 0.0833. The second-order valence-corrected chi connectivity index (χ2v) is 5.75. The monoisotopic (exact) mass is 295 g/mol. The highest BCUT2D eigenvalue weighted by atomic mass is 79.9. The minimum Gasteiger partial charge on any atom is -0.322 e. The molecule has 82 valence electrons. The van der Waals surface area contributed by atoms with Gasteiger partial charge in [0.05, 0.1) is 9.35 Å². The number of hydrogen-bond donors (Lipinski definition) is 1. The summed E-state index contributed by atoms with van der Waals surface area (Å²) < 4.78 is 0.960. The predicted molar refractivity (Wildman–Crippen MR) is 71.2 cm³/mol. The van der Waals surface area contributed by atoms with Crippen molar-refractivity contribution in [3.8, 4) is 0 Å². The third-order valence-electron chi connectivity index (χ3n) is 2.14. The highest BCUT2D eigenvalue weighted by Gasteiger charge is 2.07. The number of rotatable bonds is 2. The maximum atomic E-state index is 11.8. The molecule has 2 rings (SSSR count). The number of thiophene rings is 1. The third-order valence-corrected chi connectivity index (χ3v) is 3.64. The van der Waals surface area contributed by atoms with E-state index in [9.17, 15) is 4.79 Å². The fourth-order valence-corrected chi connectivity index (χ4v) is 2.41. The van der Waals surface area contributed by atoms with Gasteiger partial charge in [-0.25, -0.2) is 0 Å². The first-order valence-electron chi connectivity index (χ1n) is 4.77. The van der Waals surface area contributed by atoms with Crippen LogP contribution in [0.15, 0.2) is 39.5 Å². The maximum absolute atomic E-state index is 11.8. The lowest BCUT2D eigenvalue weighted by molar-refractivity contribution is 0.102. The van der Waals surface area contributed by atoms with Gasteiger partial charge in [-0.05, 0) is 41.1 Å². The van der Waals surface area contributed by atoms with Crippen molar-refractivity contribution in [2.24, 2.45) is 0 Å². The Balaban J connectivity index is 2.10. The van der Waals surface area contributed by atoms with Crippen LogP contribution in [0.25, 0.3) is 0 Å². The number of benzene rings is 1. The van der Waals surface area contributed by atoms with E-state index in [1.165, 1.54) is 16.9 Å². The molecule has 1 aromatic carbocycles. The molecule has 0 radical (unpaired) electrons. The van der Waals surface area contributed by atoms with Crippen LogP contribution in [0.5, 0.6) is 0 Å². The Bertz CT molecular complexity index is 504. The summed E-state index contributed by atoms with van der Waals surface area (Å²) >= 11 is 4.84. The number of amides is 1. The SMILES string of the molecule is Cc1ccc(NC(=O)c2csc(Br)c2)cc1. The number of hydrogen-bond acceptors (Lipinski definition) is 2. The third kappa shape index (κ3) is 2.71. The molecule has 1 aromatic heterocycles. The molecule has 0 unspecified atom stereocenters. The lowest BCUT2D eigenvalue weighted by Crippen LogP contribution is -2.10. The van der Waals surface area contributed by atoms with Crippen LogP contribution in [0.4, 0.5) is 5.69 Å². The molecule has 0 spiro atoms. The van der Waals surface area contributed by atoms with Gasteiger partial charge in [0, 0.05) is 11.1 Å².